The van der Waals surface area contributed by atoms with Gasteiger partial charge in [0.1, 0.15) is 0 Å². The maximum atomic E-state index is 11.5. The normalized spacial score (nSPS) is 14.6. The Hall–Kier alpha value is -2.01. The Kier molecular flexibility index (Phi) is 4.85. The fourth-order valence-corrected chi connectivity index (χ4v) is 2.53. The second kappa shape index (κ2) is 6.63. The monoisotopic (exact) mass is 309 g/mol. The summed E-state index contributed by atoms with van der Waals surface area (Å²) in [5.74, 6) is -0.331. The number of carboxylic acid groups (broad SMARTS) is 1. The highest BCUT2D eigenvalue weighted by atomic mass is 35.5. The van der Waals surface area contributed by atoms with Crippen LogP contribution in [0.1, 0.15) is 17.5 Å². The van der Waals surface area contributed by atoms with Crippen molar-refractivity contribution in [3.63, 3.8) is 0 Å². The van der Waals surface area contributed by atoms with Crippen LogP contribution in [0.4, 0.5) is 4.79 Å². The van der Waals surface area contributed by atoms with Crippen molar-refractivity contribution >= 4 is 29.2 Å². The minimum atomic E-state index is -0.920. The van der Waals surface area contributed by atoms with Gasteiger partial charge in [0.15, 0.2) is 0 Å². The first kappa shape index (κ1) is 15.4. The van der Waals surface area contributed by atoms with Gasteiger partial charge in [-0.3, -0.25) is 4.79 Å². The molecule has 0 saturated carbocycles. The smallest absolute Gasteiger partial charge is 0.407 e. The van der Waals surface area contributed by atoms with Gasteiger partial charge in [-0.1, -0.05) is 23.7 Å². The van der Waals surface area contributed by atoms with Crippen molar-refractivity contribution in [3.8, 4) is 0 Å². The third-order valence-corrected chi connectivity index (χ3v) is 3.69. The lowest BCUT2D eigenvalue weighted by molar-refractivity contribution is -0.139. The summed E-state index contributed by atoms with van der Waals surface area (Å²) >= 11 is 5.99. The quantitative estimate of drug-likeness (QED) is 0.872. The lowest BCUT2D eigenvalue weighted by atomic mass is 9.93. The van der Waals surface area contributed by atoms with Crippen molar-refractivity contribution in [1.82, 2.24) is 4.90 Å². The summed E-state index contributed by atoms with van der Waals surface area (Å²) in [5, 5.41) is 9.51. The molecule has 1 aliphatic heterocycles. The van der Waals surface area contributed by atoms with Crippen LogP contribution in [0.25, 0.3) is 5.57 Å². The molecular formula is C15H16ClNO4. The Balaban J connectivity index is 2.27. The molecule has 0 bridgehead atoms. The first-order valence-electron chi connectivity index (χ1n) is 6.53. The van der Waals surface area contributed by atoms with E-state index in [2.05, 4.69) is 0 Å². The van der Waals surface area contributed by atoms with Gasteiger partial charge in [0.05, 0.1) is 13.5 Å². The van der Waals surface area contributed by atoms with Crippen LogP contribution in [-0.2, 0) is 16.0 Å². The average molecular weight is 310 g/mol. The Morgan fingerprint density at radius 1 is 1.43 bits per heavy atom. The van der Waals surface area contributed by atoms with E-state index in [1.54, 1.807) is 12.1 Å². The number of esters is 1. The van der Waals surface area contributed by atoms with E-state index in [4.69, 9.17) is 21.4 Å². The molecule has 1 aromatic carbocycles. The van der Waals surface area contributed by atoms with E-state index in [1.165, 1.54) is 12.0 Å². The van der Waals surface area contributed by atoms with Gasteiger partial charge in [-0.25, -0.2) is 4.79 Å². The first-order valence-corrected chi connectivity index (χ1v) is 6.91. The van der Waals surface area contributed by atoms with Gasteiger partial charge in [-0.2, -0.15) is 0 Å². The molecule has 0 aromatic heterocycles. The molecule has 6 heteroatoms. The zero-order valence-electron chi connectivity index (χ0n) is 11.6. The topological polar surface area (TPSA) is 66.8 Å². The van der Waals surface area contributed by atoms with Gasteiger partial charge in [0.25, 0.3) is 0 Å². The van der Waals surface area contributed by atoms with Crippen LogP contribution in [0.3, 0.4) is 0 Å². The lowest BCUT2D eigenvalue weighted by Crippen LogP contribution is -2.33. The Bertz CT molecular complexity index is 597. The maximum Gasteiger partial charge on any atom is 0.407 e. The summed E-state index contributed by atoms with van der Waals surface area (Å²) < 4.78 is 4.70. The standard InChI is InChI=1S/C15H16ClNO4/c1-21-14(18)9-11-8-12(16)2-3-13(11)10-4-6-17(7-5-10)15(19)20/h2-4,8H,5-7,9H2,1H3,(H,19,20). The largest absolute Gasteiger partial charge is 0.469 e. The van der Waals surface area contributed by atoms with Crippen molar-refractivity contribution < 1.29 is 19.4 Å². The third kappa shape index (κ3) is 3.76. The molecule has 0 saturated heterocycles. The van der Waals surface area contributed by atoms with Gasteiger partial charge < -0.3 is 14.7 Å². The molecule has 112 valence electrons. The molecule has 1 aliphatic rings. The number of hydrogen-bond donors (Lipinski definition) is 1. The van der Waals surface area contributed by atoms with Crippen LogP contribution in [0.15, 0.2) is 24.3 Å². The SMILES string of the molecule is COC(=O)Cc1cc(Cl)ccc1C1=CCN(C(=O)O)CC1. The van der Waals surface area contributed by atoms with E-state index < -0.39 is 6.09 Å². The van der Waals surface area contributed by atoms with Gasteiger partial charge in [-0.15, -0.1) is 0 Å². The zero-order valence-corrected chi connectivity index (χ0v) is 12.4. The van der Waals surface area contributed by atoms with Gasteiger partial charge >= 0.3 is 12.1 Å². The van der Waals surface area contributed by atoms with Gasteiger partial charge in [-0.05, 0) is 35.3 Å². The van der Waals surface area contributed by atoms with Crippen molar-refractivity contribution in [2.75, 3.05) is 20.2 Å². The van der Waals surface area contributed by atoms with Crippen LogP contribution in [0, 0.1) is 0 Å². The van der Waals surface area contributed by atoms with E-state index in [1.807, 2.05) is 12.1 Å². The summed E-state index contributed by atoms with van der Waals surface area (Å²) in [6.45, 7) is 0.798. The van der Waals surface area contributed by atoms with Gasteiger partial charge in [0.2, 0.25) is 0 Å². The number of methoxy groups -OCH3 is 1. The highest BCUT2D eigenvalue weighted by molar-refractivity contribution is 6.30. The number of hydrogen-bond acceptors (Lipinski definition) is 3. The van der Waals surface area contributed by atoms with Crippen molar-refractivity contribution in [3.05, 3.63) is 40.4 Å². The zero-order chi connectivity index (χ0) is 15.4. The van der Waals surface area contributed by atoms with Crippen LogP contribution in [-0.4, -0.2) is 42.3 Å². The number of benzene rings is 1. The maximum absolute atomic E-state index is 11.5. The van der Waals surface area contributed by atoms with Crippen LogP contribution in [0.5, 0.6) is 0 Å². The van der Waals surface area contributed by atoms with Crippen LogP contribution < -0.4 is 0 Å². The summed E-state index contributed by atoms with van der Waals surface area (Å²) in [6.07, 6.45) is 1.71. The molecule has 1 N–H and O–H groups in total. The first-order chi connectivity index (χ1) is 10.0. The number of amides is 1. The summed E-state index contributed by atoms with van der Waals surface area (Å²) in [7, 11) is 1.34. The molecule has 0 radical (unpaired) electrons. The lowest BCUT2D eigenvalue weighted by Gasteiger charge is -2.24. The molecule has 1 heterocycles. The molecule has 5 nitrogen and oxygen atoms in total. The number of carbonyl (C=O) groups is 2. The molecule has 1 aromatic rings. The molecule has 0 unspecified atom stereocenters. The highest BCUT2D eigenvalue weighted by Crippen LogP contribution is 2.28. The van der Waals surface area contributed by atoms with Crippen LogP contribution >= 0.6 is 11.6 Å². The molecule has 0 fully saturated rings. The summed E-state index contributed by atoms with van der Waals surface area (Å²) in [6, 6.07) is 5.38. The van der Waals surface area contributed by atoms with E-state index in [9.17, 15) is 9.59 Å². The average Bonchev–Trinajstić information content (AvgIpc) is 2.47. The fraction of sp³-hybridized carbons (Fsp3) is 0.333. The molecule has 2 rings (SSSR count). The Labute approximate surface area is 127 Å². The second-order valence-electron chi connectivity index (χ2n) is 4.76. The third-order valence-electron chi connectivity index (χ3n) is 3.46. The minimum Gasteiger partial charge on any atom is -0.469 e. The van der Waals surface area contributed by atoms with Crippen molar-refractivity contribution in [2.24, 2.45) is 0 Å². The minimum absolute atomic E-state index is 0.145. The highest BCUT2D eigenvalue weighted by Gasteiger charge is 2.19. The second-order valence-corrected chi connectivity index (χ2v) is 5.20. The van der Waals surface area contributed by atoms with Gasteiger partial charge in [0, 0.05) is 18.1 Å². The summed E-state index contributed by atoms with van der Waals surface area (Å²) in [5.41, 5.74) is 2.75. The fourth-order valence-electron chi connectivity index (χ4n) is 2.34. The van der Waals surface area contributed by atoms with E-state index >= 15 is 0 Å². The molecule has 21 heavy (non-hydrogen) atoms. The number of ether oxygens (including phenoxy) is 1. The molecule has 0 atom stereocenters. The summed E-state index contributed by atoms with van der Waals surface area (Å²) in [4.78, 5) is 23.8. The van der Waals surface area contributed by atoms with E-state index in [0.717, 1.165) is 16.7 Å². The number of nitrogens with zero attached hydrogens (tertiary/aromatic N) is 1. The molecular weight excluding hydrogens is 294 g/mol. The number of rotatable bonds is 3. The number of halogens is 1. The van der Waals surface area contributed by atoms with E-state index in [-0.39, 0.29) is 12.4 Å². The number of carbonyl (C=O) groups excluding carboxylic acids is 1. The molecule has 1 amide bonds. The van der Waals surface area contributed by atoms with E-state index in [0.29, 0.717) is 24.5 Å². The Morgan fingerprint density at radius 2 is 2.19 bits per heavy atom. The van der Waals surface area contributed by atoms with Crippen LogP contribution in [0.2, 0.25) is 5.02 Å². The molecule has 0 aliphatic carbocycles. The van der Waals surface area contributed by atoms with Crippen molar-refractivity contribution in [1.29, 1.82) is 0 Å². The Morgan fingerprint density at radius 3 is 2.76 bits per heavy atom. The predicted molar refractivity (Wildman–Crippen MR) is 79.4 cm³/mol. The van der Waals surface area contributed by atoms with Crippen molar-refractivity contribution in [2.45, 2.75) is 12.8 Å². The molecule has 0 spiro atoms. The predicted octanol–water partition coefficient (Wildman–Crippen LogP) is 2.82.